The molecule has 108 valence electrons. The van der Waals surface area contributed by atoms with E-state index in [-0.39, 0.29) is 11.4 Å². The molecule has 0 aliphatic carbocycles. The summed E-state index contributed by atoms with van der Waals surface area (Å²) in [7, 11) is 3.60. The molecule has 0 aliphatic rings. The standard InChI is InChI=1S/C15H27N3O/c1-15(2,3)16-11-13-8-10-18(12-13)9-6-7-14(19)17(4)5/h8,10,12,16H,6-7,9,11H2,1-5H3. The van der Waals surface area contributed by atoms with Crippen LogP contribution >= 0.6 is 0 Å². The van der Waals surface area contributed by atoms with E-state index in [9.17, 15) is 4.79 Å². The summed E-state index contributed by atoms with van der Waals surface area (Å²) in [6, 6.07) is 2.13. The quantitative estimate of drug-likeness (QED) is 0.856. The van der Waals surface area contributed by atoms with Crippen molar-refractivity contribution >= 4 is 5.91 Å². The highest BCUT2D eigenvalue weighted by Crippen LogP contribution is 2.07. The Kier molecular flexibility index (Phi) is 5.60. The molecule has 1 aromatic rings. The van der Waals surface area contributed by atoms with Gasteiger partial charge in [0.05, 0.1) is 0 Å². The summed E-state index contributed by atoms with van der Waals surface area (Å²) in [5, 5.41) is 3.47. The molecule has 1 rings (SSSR count). The second kappa shape index (κ2) is 6.75. The van der Waals surface area contributed by atoms with Gasteiger partial charge in [-0.15, -0.1) is 0 Å². The van der Waals surface area contributed by atoms with E-state index in [2.05, 4.69) is 49.1 Å². The molecule has 4 nitrogen and oxygen atoms in total. The summed E-state index contributed by atoms with van der Waals surface area (Å²) in [4.78, 5) is 13.1. The highest BCUT2D eigenvalue weighted by Gasteiger charge is 2.09. The molecule has 0 aromatic carbocycles. The number of hydrogen-bond donors (Lipinski definition) is 1. The van der Waals surface area contributed by atoms with Crippen molar-refractivity contribution < 1.29 is 4.79 Å². The zero-order valence-electron chi connectivity index (χ0n) is 12.9. The minimum atomic E-state index is 0.139. The lowest BCUT2D eigenvalue weighted by molar-refractivity contribution is -0.128. The Balaban J connectivity index is 2.33. The maximum absolute atomic E-state index is 11.5. The molecule has 4 heteroatoms. The van der Waals surface area contributed by atoms with E-state index in [1.807, 2.05) is 0 Å². The number of hydrogen-bond acceptors (Lipinski definition) is 2. The van der Waals surface area contributed by atoms with E-state index < -0.39 is 0 Å². The van der Waals surface area contributed by atoms with Crippen LogP contribution in [0.25, 0.3) is 0 Å². The maximum Gasteiger partial charge on any atom is 0.222 e. The summed E-state index contributed by atoms with van der Waals surface area (Å²) in [6.45, 7) is 8.27. The largest absolute Gasteiger partial charge is 0.354 e. The second-order valence-corrected chi connectivity index (χ2v) is 6.25. The minimum Gasteiger partial charge on any atom is -0.354 e. The maximum atomic E-state index is 11.5. The van der Waals surface area contributed by atoms with Crippen LogP contribution in [0.2, 0.25) is 0 Å². The highest BCUT2D eigenvalue weighted by atomic mass is 16.2. The van der Waals surface area contributed by atoms with Gasteiger partial charge in [0.25, 0.3) is 0 Å². The Morgan fingerprint density at radius 1 is 1.37 bits per heavy atom. The van der Waals surface area contributed by atoms with Crippen molar-refractivity contribution in [2.45, 2.75) is 52.2 Å². The molecule has 0 radical (unpaired) electrons. The van der Waals surface area contributed by atoms with Crippen molar-refractivity contribution in [3.8, 4) is 0 Å². The lowest BCUT2D eigenvalue weighted by atomic mass is 10.1. The van der Waals surface area contributed by atoms with E-state index in [0.717, 1.165) is 19.5 Å². The molecule has 0 bridgehead atoms. The third kappa shape index (κ3) is 6.43. The molecule has 0 spiro atoms. The molecule has 0 unspecified atom stereocenters. The number of aromatic nitrogens is 1. The summed E-state index contributed by atoms with van der Waals surface area (Å²) >= 11 is 0. The average Bonchev–Trinajstić information content (AvgIpc) is 2.73. The Morgan fingerprint density at radius 3 is 2.63 bits per heavy atom. The zero-order valence-corrected chi connectivity index (χ0v) is 12.9. The molecule has 0 atom stereocenters. The monoisotopic (exact) mass is 265 g/mol. The first-order valence-corrected chi connectivity index (χ1v) is 6.88. The fourth-order valence-electron chi connectivity index (χ4n) is 1.74. The van der Waals surface area contributed by atoms with Gasteiger partial charge in [-0.2, -0.15) is 0 Å². The Morgan fingerprint density at radius 2 is 2.05 bits per heavy atom. The van der Waals surface area contributed by atoms with E-state index in [1.165, 1.54) is 5.56 Å². The predicted molar refractivity (Wildman–Crippen MR) is 79.0 cm³/mol. The van der Waals surface area contributed by atoms with Gasteiger partial charge in [-0.05, 0) is 38.8 Å². The number of nitrogens with one attached hydrogen (secondary N) is 1. The SMILES string of the molecule is CN(C)C(=O)CCCn1ccc(CNC(C)(C)C)c1. The molecule has 0 saturated heterocycles. The van der Waals surface area contributed by atoms with Crippen molar-refractivity contribution in [3.05, 3.63) is 24.0 Å². The topological polar surface area (TPSA) is 37.3 Å². The Hall–Kier alpha value is -1.29. The van der Waals surface area contributed by atoms with Crippen LogP contribution in [0.15, 0.2) is 18.5 Å². The van der Waals surface area contributed by atoms with Crippen molar-refractivity contribution in [3.63, 3.8) is 0 Å². The van der Waals surface area contributed by atoms with E-state index in [4.69, 9.17) is 0 Å². The van der Waals surface area contributed by atoms with Crippen LogP contribution in [-0.2, 0) is 17.9 Å². The molecular weight excluding hydrogens is 238 g/mol. The molecule has 1 heterocycles. The fourth-order valence-corrected chi connectivity index (χ4v) is 1.74. The summed E-state index contributed by atoms with van der Waals surface area (Å²) in [6.07, 6.45) is 5.73. The molecule has 0 fully saturated rings. The van der Waals surface area contributed by atoms with Crippen LogP contribution < -0.4 is 5.32 Å². The number of nitrogens with zero attached hydrogens (tertiary/aromatic N) is 2. The van der Waals surface area contributed by atoms with E-state index in [0.29, 0.717) is 6.42 Å². The predicted octanol–water partition coefficient (Wildman–Crippen LogP) is 2.24. The second-order valence-electron chi connectivity index (χ2n) is 6.25. The first-order chi connectivity index (χ1) is 8.78. The number of rotatable bonds is 6. The van der Waals surface area contributed by atoms with Gasteiger partial charge in [0.2, 0.25) is 5.91 Å². The molecule has 1 N–H and O–H groups in total. The van der Waals surface area contributed by atoms with Crippen LogP contribution in [0.5, 0.6) is 0 Å². The molecular formula is C15H27N3O. The lowest BCUT2D eigenvalue weighted by Crippen LogP contribution is -2.34. The summed E-state index contributed by atoms with van der Waals surface area (Å²) in [5.74, 6) is 0.196. The lowest BCUT2D eigenvalue weighted by Gasteiger charge is -2.19. The van der Waals surface area contributed by atoms with Crippen molar-refractivity contribution in [2.75, 3.05) is 14.1 Å². The van der Waals surface area contributed by atoms with Gasteiger partial charge in [0.15, 0.2) is 0 Å². The van der Waals surface area contributed by atoms with E-state index >= 15 is 0 Å². The van der Waals surface area contributed by atoms with Crippen LogP contribution in [0.3, 0.4) is 0 Å². The van der Waals surface area contributed by atoms with Gasteiger partial charge in [-0.3, -0.25) is 4.79 Å². The van der Waals surface area contributed by atoms with Crippen molar-refractivity contribution in [2.24, 2.45) is 0 Å². The third-order valence-corrected chi connectivity index (χ3v) is 2.94. The number of carbonyl (C=O) groups excluding carboxylic acids is 1. The van der Waals surface area contributed by atoms with Crippen LogP contribution in [0, 0.1) is 0 Å². The molecule has 1 amide bonds. The van der Waals surface area contributed by atoms with E-state index in [1.54, 1.807) is 19.0 Å². The first-order valence-electron chi connectivity index (χ1n) is 6.88. The van der Waals surface area contributed by atoms with Gasteiger partial charge in [0, 0.05) is 51.5 Å². The first kappa shape index (κ1) is 15.8. The molecule has 1 aromatic heterocycles. The Bertz CT molecular complexity index is 402. The van der Waals surface area contributed by atoms with Gasteiger partial charge in [-0.25, -0.2) is 0 Å². The normalized spacial score (nSPS) is 11.6. The highest BCUT2D eigenvalue weighted by molar-refractivity contribution is 5.75. The number of carbonyl (C=O) groups is 1. The van der Waals surface area contributed by atoms with Gasteiger partial charge in [-0.1, -0.05) is 0 Å². The summed E-state index contributed by atoms with van der Waals surface area (Å²) < 4.78 is 2.16. The van der Waals surface area contributed by atoms with Gasteiger partial charge >= 0.3 is 0 Å². The van der Waals surface area contributed by atoms with Crippen LogP contribution in [-0.4, -0.2) is 35.0 Å². The number of amides is 1. The minimum absolute atomic E-state index is 0.139. The fraction of sp³-hybridized carbons (Fsp3) is 0.667. The van der Waals surface area contributed by atoms with Gasteiger partial charge < -0.3 is 14.8 Å². The Labute approximate surface area is 116 Å². The molecule has 0 aliphatic heterocycles. The molecule has 19 heavy (non-hydrogen) atoms. The molecule has 0 saturated carbocycles. The van der Waals surface area contributed by atoms with Crippen molar-refractivity contribution in [1.82, 2.24) is 14.8 Å². The zero-order chi connectivity index (χ0) is 14.5. The van der Waals surface area contributed by atoms with Crippen LogP contribution in [0.1, 0.15) is 39.2 Å². The average molecular weight is 265 g/mol. The summed E-state index contributed by atoms with van der Waals surface area (Å²) in [5.41, 5.74) is 1.43. The van der Waals surface area contributed by atoms with Crippen LogP contribution in [0.4, 0.5) is 0 Å². The van der Waals surface area contributed by atoms with Crippen molar-refractivity contribution in [1.29, 1.82) is 0 Å². The smallest absolute Gasteiger partial charge is 0.222 e. The third-order valence-electron chi connectivity index (χ3n) is 2.94. The number of aryl methyl sites for hydroxylation is 1. The van der Waals surface area contributed by atoms with Gasteiger partial charge in [0.1, 0.15) is 0 Å².